The predicted molar refractivity (Wildman–Crippen MR) is 133 cm³/mol. The molecule has 174 valence electrons. The fourth-order valence-electron chi connectivity index (χ4n) is 5.58. The number of oxime groups is 2. The van der Waals surface area contributed by atoms with Crippen LogP contribution in [0.4, 0.5) is 0 Å². The van der Waals surface area contributed by atoms with E-state index in [4.69, 9.17) is 14.4 Å². The Balaban J connectivity index is 1.59. The molecule has 7 heteroatoms. The second-order valence-electron chi connectivity index (χ2n) is 9.43. The number of hydrogen-bond acceptors (Lipinski definition) is 6. The van der Waals surface area contributed by atoms with Crippen molar-refractivity contribution in [1.29, 1.82) is 0 Å². The molecular formula is C26H30BrN3O3. The molecule has 1 saturated heterocycles. The largest absolute Gasteiger partial charge is 0.379 e. The van der Waals surface area contributed by atoms with Gasteiger partial charge in [0.25, 0.3) is 0 Å². The molecule has 0 aromatic heterocycles. The summed E-state index contributed by atoms with van der Waals surface area (Å²) in [6.07, 6.45) is 0.248. The minimum atomic E-state index is -0.802. The lowest BCUT2D eigenvalue weighted by Crippen LogP contribution is -2.57. The molecule has 0 radical (unpaired) electrons. The van der Waals surface area contributed by atoms with Crippen LogP contribution < -0.4 is 0 Å². The van der Waals surface area contributed by atoms with Crippen molar-refractivity contribution >= 4 is 27.4 Å². The van der Waals surface area contributed by atoms with Crippen molar-refractivity contribution in [1.82, 2.24) is 4.90 Å². The van der Waals surface area contributed by atoms with Gasteiger partial charge in [-0.25, -0.2) is 0 Å². The summed E-state index contributed by atoms with van der Waals surface area (Å²) < 4.78 is 6.67. The molecule has 0 saturated carbocycles. The number of aryl methyl sites for hydroxylation is 5. The summed E-state index contributed by atoms with van der Waals surface area (Å²) in [7, 11) is 0. The Labute approximate surface area is 203 Å². The molecule has 1 fully saturated rings. The summed E-state index contributed by atoms with van der Waals surface area (Å²) in [5.74, 6) is 0. The van der Waals surface area contributed by atoms with Crippen molar-refractivity contribution in [3.05, 3.63) is 67.7 Å². The predicted octanol–water partition coefficient (Wildman–Crippen LogP) is 4.95. The Morgan fingerprint density at radius 2 is 1.48 bits per heavy atom. The molecule has 3 aliphatic heterocycles. The van der Waals surface area contributed by atoms with Gasteiger partial charge >= 0.3 is 0 Å². The van der Waals surface area contributed by atoms with Crippen LogP contribution >= 0.6 is 15.9 Å². The van der Waals surface area contributed by atoms with Gasteiger partial charge in [0.2, 0.25) is 11.8 Å². The van der Waals surface area contributed by atoms with Gasteiger partial charge in [-0.2, -0.15) is 0 Å². The molecular weight excluding hydrogens is 482 g/mol. The maximum Gasteiger partial charge on any atom is 0.241 e. The Morgan fingerprint density at radius 3 is 2.12 bits per heavy atom. The Hall–Kier alpha value is -2.22. The van der Waals surface area contributed by atoms with Gasteiger partial charge in [-0.15, -0.1) is 0 Å². The number of halogens is 1. The molecule has 33 heavy (non-hydrogen) atoms. The van der Waals surface area contributed by atoms with E-state index in [1.54, 1.807) is 0 Å². The second-order valence-corrected chi connectivity index (χ2v) is 10.3. The van der Waals surface area contributed by atoms with Crippen LogP contribution in [0.15, 0.2) is 39.0 Å². The lowest BCUT2D eigenvalue weighted by atomic mass is 9.80. The van der Waals surface area contributed by atoms with Crippen LogP contribution in [0.2, 0.25) is 0 Å². The van der Waals surface area contributed by atoms with Crippen molar-refractivity contribution in [2.45, 2.75) is 52.9 Å². The van der Waals surface area contributed by atoms with Gasteiger partial charge in [0.1, 0.15) is 5.71 Å². The van der Waals surface area contributed by atoms with Crippen molar-refractivity contribution in [3.63, 3.8) is 0 Å². The molecule has 0 aliphatic carbocycles. The second kappa shape index (κ2) is 8.53. The summed E-state index contributed by atoms with van der Waals surface area (Å²) in [6.45, 7) is 13.5. The maximum atomic E-state index is 6.42. The summed E-state index contributed by atoms with van der Waals surface area (Å²) in [6, 6.07) is 8.65. The van der Waals surface area contributed by atoms with Gasteiger partial charge in [-0.05, 0) is 69.0 Å². The summed E-state index contributed by atoms with van der Waals surface area (Å²) >= 11 is 3.61. The number of rotatable bonds is 3. The zero-order chi connectivity index (χ0) is 23.3. The zero-order valence-corrected chi connectivity index (χ0v) is 21.5. The van der Waals surface area contributed by atoms with Crippen LogP contribution in [0.1, 0.15) is 45.4 Å². The summed E-state index contributed by atoms with van der Waals surface area (Å²) in [5.41, 5.74) is 9.12. The maximum absolute atomic E-state index is 6.42. The molecule has 2 aromatic rings. The first kappa shape index (κ1) is 22.6. The normalized spacial score (nSPS) is 25.1. The van der Waals surface area contributed by atoms with Crippen molar-refractivity contribution in [2.24, 2.45) is 10.3 Å². The van der Waals surface area contributed by atoms with E-state index in [9.17, 15) is 0 Å². The van der Waals surface area contributed by atoms with Gasteiger partial charge in [-0.3, -0.25) is 4.90 Å². The van der Waals surface area contributed by atoms with Crippen LogP contribution in [0.5, 0.6) is 0 Å². The van der Waals surface area contributed by atoms with Crippen LogP contribution in [0, 0.1) is 34.6 Å². The summed E-state index contributed by atoms with van der Waals surface area (Å²) in [4.78, 5) is 14.8. The van der Waals surface area contributed by atoms with Crippen molar-refractivity contribution in [2.75, 3.05) is 26.3 Å². The highest BCUT2D eigenvalue weighted by Crippen LogP contribution is 2.43. The Morgan fingerprint density at radius 1 is 0.879 bits per heavy atom. The molecule has 0 bridgehead atoms. The van der Waals surface area contributed by atoms with Gasteiger partial charge < -0.3 is 14.4 Å². The molecule has 0 N–H and O–H groups in total. The van der Waals surface area contributed by atoms with E-state index in [0.717, 1.165) is 40.1 Å². The van der Waals surface area contributed by atoms with E-state index in [0.29, 0.717) is 19.6 Å². The molecule has 1 spiro atoms. The first-order valence-electron chi connectivity index (χ1n) is 11.5. The molecule has 2 aromatic carbocycles. The van der Waals surface area contributed by atoms with E-state index < -0.39 is 5.60 Å². The molecule has 5 rings (SSSR count). The van der Waals surface area contributed by atoms with Crippen molar-refractivity contribution < 1.29 is 14.4 Å². The van der Waals surface area contributed by atoms with Gasteiger partial charge in [-0.1, -0.05) is 43.9 Å². The third-order valence-corrected chi connectivity index (χ3v) is 7.33. The average molecular weight is 512 g/mol. The molecule has 6 nitrogen and oxygen atoms in total. The molecule has 0 amide bonds. The van der Waals surface area contributed by atoms with E-state index in [1.165, 1.54) is 27.8 Å². The fourth-order valence-corrected chi connectivity index (χ4v) is 6.26. The molecule has 3 heterocycles. The molecule has 2 atom stereocenters. The highest BCUT2D eigenvalue weighted by Gasteiger charge is 2.60. The Bertz CT molecular complexity index is 1120. The minimum absolute atomic E-state index is 0.353. The Kier molecular flexibility index (Phi) is 5.83. The third kappa shape index (κ3) is 3.80. The molecule has 3 aliphatic rings. The number of nitrogens with zero attached hydrogens (tertiary/aromatic N) is 3. The highest BCUT2D eigenvalue weighted by molar-refractivity contribution is 9.10. The smallest absolute Gasteiger partial charge is 0.241 e. The first-order chi connectivity index (χ1) is 15.8. The van der Waals surface area contributed by atoms with Gasteiger partial charge in [0.15, 0.2) is 0 Å². The first-order valence-corrected chi connectivity index (χ1v) is 12.3. The van der Waals surface area contributed by atoms with E-state index >= 15 is 0 Å². The van der Waals surface area contributed by atoms with Gasteiger partial charge in [0.05, 0.1) is 18.9 Å². The number of ether oxygens (including phenoxy) is 1. The number of hydrogen-bond donors (Lipinski definition) is 0. The SMILES string of the molecule is Cc1cc(C)c(C2=NO[C@H](N3CCOCC3)[C@]23CC(c2c(C)cc(Br)cc2C)=NO3)c(C)c1. The third-order valence-electron chi connectivity index (χ3n) is 6.87. The topological polar surface area (TPSA) is 55.7 Å². The van der Waals surface area contributed by atoms with Crippen LogP contribution in [0.25, 0.3) is 0 Å². The number of benzene rings is 2. The lowest BCUT2D eigenvalue weighted by Gasteiger charge is -2.37. The minimum Gasteiger partial charge on any atom is -0.379 e. The quantitative estimate of drug-likeness (QED) is 0.585. The monoisotopic (exact) mass is 511 g/mol. The lowest BCUT2D eigenvalue weighted by molar-refractivity contribution is -0.159. The highest BCUT2D eigenvalue weighted by atomic mass is 79.9. The van der Waals surface area contributed by atoms with E-state index in [2.05, 4.69) is 90.0 Å². The van der Waals surface area contributed by atoms with Crippen molar-refractivity contribution in [3.8, 4) is 0 Å². The number of morpholine rings is 1. The van der Waals surface area contributed by atoms with Crippen LogP contribution in [0.3, 0.4) is 0 Å². The van der Waals surface area contributed by atoms with E-state index in [1.807, 2.05) is 0 Å². The zero-order valence-electron chi connectivity index (χ0n) is 19.9. The van der Waals surface area contributed by atoms with Gasteiger partial charge in [0, 0.05) is 35.1 Å². The summed E-state index contributed by atoms with van der Waals surface area (Å²) in [5, 5.41) is 9.34. The molecule has 0 unspecified atom stereocenters. The van der Waals surface area contributed by atoms with Crippen LogP contribution in [-0.2, 0) is 14.4 Å². The fraction of sp³-hybridized carbons (Fsp3) is 0.462. The van der Waals surface area contributed by atoms with E-state index in [-0.39, 0.29) is 6.23 Å². The average Bonchev–Trinajstić information content (AvgIpc) is 3.32. The standard InChI is InChI=1S/C26H30BrN3O3/c1-15-10-16(2)23(17(3)11-15)24-26(25(32-29-24)30-6-8-31-9-7-30)14-21(28-33-26)22-18(4)12-20(27)13-19(22)5/h10-13,25H,6-9,14H2,1-5H3/t25-,26-/m0/s1. The van der Waals surface area contributed by atoms with Crippen LogP contribution in [-0.4, -0.2) is 54.5 Å².